The van der Waals surface area contributed by atoms with E-state index in [1.165, 1.54) is 74.8 Å². The molecular formula is C60H79BN2S. The lowest BCUT2D eigenvalue weighted by Gasteiger charge is -2.55. The highest BCUT2D eigenvalue weighted by Gasteiger charge is 2.56. The van der Waals surface area contributed by atoms with Gasteiger partial charge in [0.05, 0.1) is 11.0 Å². The van der Waals surface area contributed by atoms with Gasteiger partial charge in [-0.15, -0.1) is 11.3 Å². The quantitative estimate of drug-likeness (QED) is 0.185. The second-order valence-corrected chi connectivity index (χ2v) is 27.6. The maximum atomic E-state index is 2.91. The Hall–Kier alpha value is -3.50. The first-order chi connectivity index (χ1) is 29.6. The molecule has 1 saturated carbocycles. The third-order valence-corrected chi connectivity index (χ3v) is 19.5. The van der Waals surface area contributed by atoms with Gasteiger partial charge in [-0.05, 0) is 175 Å². The van der Waals surface area contributed by atoms with Crippen molar-refractivity contribution >= 4 is 57.1 Å². The first-order valence-corrected chi connectivity index (χ1v) is 26.1. The van der Waals surface area contributed by atoms with Gasteiger partial charge >= 0.3 is 0 Å². The minimum Gasteiger partial charge on any atom is -0.335 e. The molecule has 0 radical (unpaired) electrons. The van der Waals surface area contributed by atoms with E-state index in [2.05, 4.69) is 206 Å². The molecule has 0 amide bonds. The standard InChI is InChI=1S/C60H79BN2S/c1-34-30-47-51-53(36(34)3)63(46-32-42-41(29-35(46)2)57(11,12)25-26-58(42,13)14)54-52(49-37(4)50-43(33-48(49)64-54)59(15,16)27-28-60(50,17)18)61(51)44-31-39(56(8,9)10)21-24-45(44)62(47)40-22-19-38(20-23-40)55(5,6)7/h19-24,29,31-34,36-37,47,50H,25-28,30H2,1-18H3. The van der Waals surface area contributed by atoms with Crippen molar-refractivity contribution in [3.05, 3.63) is 110 Å². The summed E-state index contributed by atoms with van der Waals surface area (Å²) in [6.07, 6.45) is 8.86. The molecule has 0 bridgehead atoms. The fraction of sp³-hybridized carbons (Fsp3) is 0.567. The van der Waals surface area contributed by atoms with E-state index < -0.39 is 0 Å². The van der Waals surface area contributed by atoms with E-state index >= 15 is 0 Å². The van der Waals surface area contributed by atoms with Crippen LogP contribution >= 0.6 is 11.3 Å². The first kappa shape index (κ1) is 44.3. The summed E-state index contributed by atoms with van der Waals surface area (Å²) in [5, 5.41) is 1.50. The van der Waals surface area contributed by atoms with Gasteiger partial charge in [0.1, 0.15) is 0 Å². The molecule has 5 unspecified atom stereocenters. The number of nitrogens with zero attached hydrogens (tertiary/aromatic N) is 2. The topological polar surface area (TPSA) is 6.48 Å². The van der Waals surface area contributed by atoms with Crippen molar-refractivity contribution in [2.75, 3.05) is 9.80 Å². The molecule has 4 aromatic rings. The Morgan fingerprint density at radius 3 is 1.89 bits per heavy atom. The molecule has 2 nitrogen and oxygen atoms in total. The molecule has 4 aliphatic carbocycles. The molecule has 0 spiro atoms. The van der Waals surface area contributed by atoms with Crippen LogP contribution in [0.3, 0.4) is 0 Å². The van der Waals surface area contributed by atoms with Gasteiger partial charge in [-0.2, -0.15) is 0 Å². The molecular weight excluding hydrogens is 792 g/mol. The average Bonchev–Trinajstić information content (AvgIpc) is 3.59. The van der Waals surface area contributed by atoms with Crippen LogP contribution in [0.15, 0.2) is 71.3 Å². The Morgan fingerprint density at radius 2 is 1.27 bits per heavy atom. The number of rotatable bonds is 2. The SMILES string of the molecule is Cc1cc2c(cc1N1C3=C4B(c5cc(C(C)(C)C)ccc5N(c5ccc(C(C)(C)C)cc5)C4CC(C)C3C)c3c1sc1c3C(C)C3C(=C1)C(C)(C)CCC3(C)C)C(C)(C)CCC2(C)C. The summed E-state index contributed by atoms with van der Waals surface area (Å²) in [6.45, 7) is 44.9. The molecule has 0 saturated heterocycles. The summed E-state index contributed by atoms with van der Waals surface area (Å²) < 4.78 is 0. The summed E-state index contributed by atoms with van der Waals surface area (Å²) in [5.74, 6) is 1.85. The van der Waals surface area contributed by atoms with Crippen molar-refractivity contribution in [1.29, 1.82) is 0 Å². The number of hydrogen-bond donors (Lipinski definition) is 0. The first-order valence-electron chi connectivity index (χ1n) is 25.3. The van der Waals surface area contributed by atoms with Gasteiger partial charge in [-0.25, -0.2) is 0 Å². The van der Waals surface area contributed by atoms with Crippen molar-refractivity contribution in [2.24, 2.45) is 28.6 Å². The number of thiophene rings is 1. The smallest absolute Gasteiger partial charge is 0.248 e. The van der Waals surface area contributed by atoms with Crippen molar-refractivity contribution in [3.63, 3.8) is 0 Å². The number of hydrogen-bond acceptors (Lipinski definition) is 3. The number of allylic oxidation sites excluding steroid dienone is 2. The third kappa shape index (κ3) is 6.43. The van der Waals surface area contributed by atoms with Crippen LogP contribution in [0.1, 0.15) is 194 Å². The largest absolute Gasteiger partial charge is 0.335 e. The highest BCUT2D eigenvalue weighted by molar-refractivity contribution is 7.20. The molecule has 338 valence electrons. The van der Waals surface area contributed by atoms with Crippen LogP contribution in [0.5, 0.6) is 0 Å². The molecule has 2 aliphatic heterocycles. The van der Waals surface area contributed by atoms with Gasteiger partial charge in [-0.1, -0.05) is 154 Å². The zero-order valence-corrected chi connectivity index (χ0v) is 43.9. The summed E-state index contributed by atoms with van der Waals surface area (Å²) in [4.78, 5) is 7.25. The summed E-state index contributed by atoms with van der Waals surface area (Å²) in [6, 6.07) is 23.0. The normalized spacial score (nSPS) is 27.2. The van der Waals surface area contributed by atoms with Crippen molar-refractivity contribution in [3.8, 4) is 0 Å². The van der Waals surface area contributed by atoms with Gasteiger partial charge in [0.25, 0.3) is 0 Å². The zero-order chi connectivity index (χ0) is 46.2. The van der Waals surface area contributed by atoms with Crippen LogP contribution in [0, 0.1) is 35.5 Å². The Labute approximate surface area is 393 Å². The average molecular weight is 871 g/mol. The summed E-state index contributed by atoms with van der Waals surface area (Å²) in [5.41, 5.74) is 22.0. The number of fused-ring (bicyclic) bond motifs is 8. The number of anilines is 4. The molecule has 64 heavy (non-hydrogen) atoms. The highest BCUT2D eigenvalue weighted by Crippen LogP contribution is 2.63. The molecule has 4 heteroatoms. The fourth-order valence-corrected chi connectivity index (χ4v) is 15.4. The minimum atomic E-state index is 0.0255. The van der Waals surface area contributed by atoms with E-state index in [0.717, 1.165) is 6.42 Å². The van der Waals surface area contributed by atoms with Crippen LogP contribution in [-0.4, -0.2) is 12.8 Å². The maximum absolute atomic E-state index is 2.91. The molecule has 3 aromatic carbocycles. The molecule has 6 aliphatic rings. The Morgan fingerprint density at radius 1 is 0.672 bits per heavy atom. The van der Waals surface area contributed by atoms with Crippen molar-refractivity contribution in [1.82, 2.24) is 0 Å². The van der Waals surface area contributed by atoms with Gasteiger partial charge in [0.2, 0.25) is 6.71 Å². The molecule has 0 N–H and O–H groups in total. The van der Waals surface area contributed by atoms with Gasteiger partial charge in [0, 0.05) is 27.6 Å². The van der Waals surface area contributed by atoms with E-state index in [1.54, 1.807) is 38.9 Å². The molecule has 3 heterocycles. The predicted octanol–water partition coefficient (Wildman–Crippen LogP) is 15.7. The molecule has 1 aromatic heterocycles. The zero-order valence-electron chi connectivity index (χ0n) is 43.1. The van der Waals surface area contributed by atoms with Gasteiger partial charge < -0.3 is 9.80 Å². The highest BCUT2D eigenvalue weighted by atomic mass is 32.1. The van der Waals surface area contributed by atoms with E-state index in [0.29, 0.717) is 23.7 Å². The maximum Gasteiger partial charge on any atom is 0.248 e. The van der Waals surface area contributed by atoms with E-state index in [1.807, 2.05) is 0 Å². The lowest BCUT2D eigenvalue weighted by atomic mass is 9.30. The fourth-order valence-electron chi connectivity index (χ4n) is 14.0. The Balaban J connectivity index is 1.33. The van der Waals surface area contributed by atoms with Crippen LogP contribution < -0.4 is 20.7 Å². The lowest BCUT2D eigenvalue weighted by molar-refractivity contribution is 0.107. The lowest BCUT2D eigenvalue weighted by Crippen LogP contribution is -2.63. The molecule has 1 fully saturated rings. The minimum absolute atomic E-state index is 0.0255. The predicted molar refractivity (Wildman–Crippen MR) is 281 cm³/mol. The third-order valence-electron chi connectivity index (χ3n) is 18.4. The van der Waals surface area contributed by atoms with Crippen LogP contribution in [0.25, 0.3) is 6.08 Å². The monoisotopic (exact) mass is 871 g/mol. The Kier molecular flexibility index (Phi) is 9.72. The second kappa shape index (κ2) is 14.0. The van der Waals surface area contributed by atoms with Crippen molar-refractivity contribution < 1.29 is 0 Å². The Bertz CT molecular complexity index is 2650. The van der Waals surface area contributed by atoms with Crippen LogP contribution in [0.2, 0.25) is 0 Å². The van der Waals surface area contributed by atoms with Crippen LogP contribution in [0.4, 0.5) is 22.1 Å². The second-order valence-electron chi connectivity index (χ2n) is 26.6. The molecule has 5 atom stereocenters. The summed E-state index contributed by atoms with van der Waals surface area (Å²) in [7, 11) is 0. The van der Waals surface area contributed by atoms with E-state index in [4.69, 9.17) is 0 Å². The molecule has 10 rings (SSSR count). The number of aryl methyl sites for hydroxylation is 1. The summed E-state index contributed by atoms with van der Waals surface area (Å²) >= 11 is 2.14. The van der Waals surface area contributed by atoms with Gasteiger partial charge in [0.15, 0.2) is 0 Å². The van der Waals surface area contributed by atoms with Gasteiger partial charge in [-0.3, -0.25) is 0 Å². The van der Waals surface area contributed by atoms with E-state index in [9.17, 15) is 0 Å². The van der Waals surface area contributed by atoms with Crippen molar-refractivity contribution in [2.45, 2.75) is 190 Å². The van der Waals surface area contributed by atoms with Crippen LogP contribution in [-0.2, 0) is 21.7 Å². The van der Waals surface area contributed by atoms with E-state index in [-0.39, 0.29) is 45.2 Å². The number of benzene rings is 3.